The van der Waals surface area contributed by atoms with Crippen LogP contribution in [-0.4, -0.2) is 27.4 Å². The van der Waals surface area contributed by atoms with Crippen molar-refractivity contribution in [2.75, 3.05) is 0 Å². The summed E-state index contributed by atoms with van der Waals surface area (Å²) in [5, 5.41) is 10.3. The van der Waals surface area contributed by atoms with Crippen molar-refractivity contribution in [2.45, 2.75) is 57.9 Å². The second-order valence-corrected chi connectivity index (χ2v) is 5.71. The molecule has 0 amide bonds. The highest BCUT2D eigenvalue weighted by Crippen LogP contribution is 2.37. The molecule has 90 valence electrons. The smallest absolute Gasteiger partial charge is 0.0787 e. The molecular formula is C12H21N3O. The van der Waals surface area contributed by atoms with Gasteiger partial charge >= 0.3 is 0 Å². The van der Waals surface area contributed by atoms with Crippen LogP contribution in [0, 0.1) is 0 Å². The number of hydrogen-bond donors (Lipinski definition) is 2. The minimum absolute atomic E-state index is 0.0302. The maximum Gasteiger partial charge on any atom is 0.0787 e. The summed E-state index contributed by atoms with van der Waals surface area (Å²) >= 11 is 0. The summed E-state index contributed by atoms with van der Waals surface area (Å²) < 4.78 is 6.03. The predicted molar refractivity (Wildman–Crippen MR) is 63.1 cm³/mol. The van der Waals surface area contributed by atoms with E-state index in [1.807, 2.05) is 12.4 Å². The van der Waals surface area contributed by atoms with Gasteiger partial charge < -0.3 is 10.1 Å². The van der Waals surface area contributed by atoms with Gasteiger partial charge in [0.05, 0.1) is 17.4 Å². The van der Waals surface area contributed by atoms with Crippen LogP contribution >= 0.6 is 0 Å². The van der Waals surface area contributed by atoms with Gasteiger partial charge in [-0.25, -0.2) is 0 Å². The topological polar surface area (TPSA) is 49.9 Å². The van der Waals surface area contributed by atoms with E-state index in [4.69, 9.17) is 4.74 Å². The summed E-state index contributed by atoms with van der Waals surface area (Å²) in [5.41, 5.74) is 1.05. The number of nitrogens with zero attached hydrogens (tertiary/aromatic N) is 1. The standard InChI is InChI=1S/C12H21N3O/c1-11(2)5-10(12(3,4)16-11)13-6-9-7-14-15-8-9/h7-8,10,13H,5-6H2,1-4H3,(H,14,15). The van der Waals surface area contributed by atoms with E-state index >= 15 is 0 Å². The molecule has 1 aromatic heterocycles. The van der Waals surface area contributed by atoms with Crippen molar-refractivity contribution in [3.05, 3.63) is 18.0 Å². The van der Waals surface area contributed by atoms with Gasteiger partial charge in [0, 0.05) is 24.3 Å². The van der Waals surface area contributed by atoms with Crippen molar-refractivity contribution in [1.82, 2.24) is 15.5 Å². The van der Waals surface area contributed by atoms with Crippen molar-refractivity contribution in [1.29, 1.82) is 0 Å². The first kappa shape index (κ1) is 11.6. The van der Waals surface area contributed by atoms with Crippen LogP contribution in [0.2, 0.25) is 0 Å². The fraction of sp³-hybridized carbons (Fsp3) is 0.750. The number of aromatic amines is 1. The molecule has 4 heteroatoms. The zero-order valence-electron chi connectivity index (χ0n) is 10.5. The lowest BCUT2D eigenvalue weighted by atomic mass is 9.94. The summed E-state index contributed by atoms with van der Waals surface area (Å²) in [5.74, 6) is 0. The zero-order chi connectivity index (χ0) is 11.8. The second-order valence-electron chi connectivity index (χ2n) is 5.71. The number of hydrogen-bond acceptors (Lipinski definition) is 3. The maximum atomic E-state index is 6.03. The van der Waals surface area contributed by atoms with Crippen molar-refractivity contribution >= 4 is 0 Å². The lowest BCUT2D eigenvalue weighted by Crippen LogP contribution is -2.42. The van der Waals surface area contributed by atoms with Gasteiger partial charge in [-0.1, -0.05) is 0 Å². The summed E-state index contributed by atoms with van der Waals surface area (Å²) in [6, 6.07) is 0.386. The molecule has 1 unspecified atom stereocenters. The largest absolute Gasteiger partial charge is 0.368 e. The Bertz CT molecular complexity index is 343. The number of rotatable bonds is 3. The molecule has 0 spiro atoms. The maximum absolute atomic E-state index is 6.03. The molecule has 2 N–H and O–H groups in total. The molecule has 1 fully saturated rings. The van der Waals surface area contributed by atoms with E-state index in [1.165, 1.54) is 5.56 Å². The monoisotopic (exact) mass is 223 g/mol. The molecule has 0 saturated carbocycles. The van der Waals surface area contributed by atoms with Crippen LogP contribution in [0.5, 0.6) is 0 Å². The minimum atomic E-state index is -0.104. The molecule has 2 rings (SSSR count). The molecule has 1 aliphatic heterocycles. The summed E-state index contributed by atoms with van der Waals surface area (Å²) in [7, 11) is 0. The van der Waals surface area contributed by atoms with Crippen LogP contribution in [0.3, 0.4) is 0 Å². The quantitative estimate of drug-likeness (QED) is 0.822. The van der Waals surface area contributed by atoms with Crippen molar-refractivity contribution in [3.63, 3.8) is 0 Å². The fourth-order valence-corrected chi connectivity index (χ4v) is 2.50. The van der Waals surface area contributed by atoms with Gasteiger partial charge in [0.1, 0.15) is 0 Å². The first-order chi connectivity index (χ1) is 7.39. The Balaban J connectivity index is 1.95. The third kappa shape index (κ3) is 2.44. The van der Waals surface area contributed by atoms with E-state index in [1.54, 1.807) is 0 Å². The first-order valence-corrected chi connectivity index (χ1v) is 5.80. The fourth-order valence-electron chi connectivity index (χ4n) is 2.50. The van der Waals surface area contributed by atoms with Crippen LogP contribution in [-0.2, 0) is 11.3 Å². The normalized spacial score (nSPS) is 27.1. The third-order valence-corrected chi connectivity index (χ3v) is 3.18. The molecule has 1 atom stereocenters. The summed E-state index contributed by atoms with van der Waals surface area (Å²) in [6.07, 6.45) is 4.81. The Kier molecular flexibility index (Phi) is 2.80. The highest BCUT2D eigenvalue weighted by Gasteiger charge is 2.45. The molecule has 1 aliphatic rings. The molecule has 1 aromatic rings. The molecule has 1 saturated heterocycles. The number of aromatic nitrogens is 2. The van der Waals surface area contributed by atoms with Gasteiger partial charge in [0.15, 0.2) is 0 Å². The Morgan fingerprint density at radius 1 is 1.50 bits per heavy atom. The number of ether oxygens (including phenoxy) is 1. The van der Waals surface area contributed by atoms with E-state index in [-0.39, 0.29) is 11.2 Å². The predicted octanol–water partition coefficient (Wildman–Crippen LogP) is 1.85. The van der Waals surface area contributed by atoms with Crippen molar-refractivity contribution < 1.29 is 4.74 Å². The van der Waals surface area contributed by atoms with Gasteiger partial charge in [-0.3, -0.25) is 5.10 Å². The Morgan fingerprint density at radius 3 is 2.75 bits per heavy atom. The lowest BCUT2D eigenvalue weighted by Gasteiger charge is -2.27. The number of H-pyrrole nitrogens is 1. The molecule has 16 heavy (non-hydrogen) atoms. The van der Waals surface area contributed by atoms with Crippen LogP contribution in [0.25, 0.3) is 0 Å². The Hall–Kier alpha value is -0.870. The Morgan fingerprint density at radius 2 is 2.25 bits per heavy atom. The van der Waals surface area contributed by atoms with Gasteiger partial charge in [-0.15, -0.1) is 0 Å². The molecular weight excluding hydrogens is 202 g/mol. The first-order valence-electron chi connectivity index (χ1n) is 5.80. The highest BCUT2D eigenvalue weighted by molar-refractivity contribution is 5.05. The van der Waals surface area contributed by atoms with Gasteiger partial charge in [0.2, 0.25) is 0 Å². The molecule has 0 radical (unpaired) electrons. The van der Waals surface area contributed by atoms with E-state index < -0.39 is 0 Å². The van der Waals surface area contributed by atoms with E-state index in [0.29, 0.717) is 6.04 Å². The van der Waals surface area contributed by atoms with E-state index in [9.17, 15) is 0 Å². The zero-order valence-corrected chi connectivity index (χ0v) is 10.5. The minimum Gasteiger partial charge on any atom is -0.368 e. The van der Waals surface area contributed by atoms with Crippen LogP contribution in [0.15, 0.2) is 12.4 Å². The van der Waals surface area contributed by atoms with Gasteiger partial charge in [0.25, 0.3) is 0 Å². The lowest BCUT2D eigenvalue weighted by molar-refractivity contribution is -0.0699. The Labute approximate surface area is 96.8 Å². The van der Waals surface area contributed by atoms with Gasteiger partial charge in [-0.05, 0) is 34.1 Å². The van der Waals surface area contributed by atoms with Crippen molar-refractivity contribution in [2.24, 2.45) is 0 Å². The SMILES string of the molecule is CC1(C)CC(NCc2cn[nH]c2)C(C)(C)O1. The van der Waals surface area contributed by atoms with Crippen LogP contribution in [0.4, 0.5) is 0 Å². The number of nitrogens with one attached hydrogen (secondary N) is 2. The average molecular weight is 223 g/mol. The molecule has 2 heterocycles. The summed E-state index contributed by atoms with van der Waals surface area (Å²) in [6.45, 7) is 9.43. The third-order valence-electron chi connectivity index (χ3n) is 3.18. The average Bonchev–Trinajstić information content (AvgIpc) is 2.67. The highest BCUT2D eigenvalue weighted by atomic mass is 16.5. The van der Waals surface area contributed by atoms with Crippen LogP contribution in [0.1, 0.15) is 39.7 Å². The van der Waals surface area contributed by atoms with Crippen molar-refractivity contribution in [3.8, 4) is 0 Å². The molecule has 0 aliphatic carbocycles. The van der Waals surface area contributed by atoms with Gasteiger partial charge in [-0.2, -0.15) is 5.10 Å². The molecule has 0 aromatic carbocycles. The molecule has 4 nitrogen and oxygen atoms in total. The molecule has 0 bridgehead atoms. The van der Waals surface area contributed by atoms with Crippen LogP contribution < -0.4 is 5.32 Å². The van der Waals surface area contributed by atoms with E-state index in [2.05, 4.69) is 43.2 Å². The second kappa shape index (κ2) is 3.86. The van der Waals surface area contributed by atoms with E-state index in [0.717, 1.165) is 13.0 Å². The summed E-state index contributed by atoms with van der Waals surface area (Å²) in [4.78, 5) is 0.